The molecular formula is C21H18FN3. The second-order valence-corrected chi connectivity index (χ2v) is 6.28. The first-order chi connectivity index (χ1) is 12.1. The van der Waals surface area contributed by atoms with Crippen molar-refractivity contribution in [3.8, 4) is 22.4 Å². The van der Waals surface area contributed by atoms with E-state index in [1.807, 2.05) is 67.5 Å². The molecule has 4 rings (SSSR count). The summed E-state index contributed by atoms with van der Waals surface area (Å²) in [5, 5.41) is 1.02. The molecule has 2 aromatic heterocycles. The van der Waals surface area contributed by atoms with Crippen molar-refractivity contribution in [1.82, 2.24) is 9.97 Å². The topological polar surface area (TPSA) is 31.9 Å². The van der Waals surface area contributed by atoms with Gasteiger partial charge in [0, 0.05) is 42.6 Å². The highest BCUT2D eigenvalue weighted by atomic mass is 19.1. The number of fused-ring (bicyclic) bond motifs is 1. The highest BCUT2D eigenvalue weighted by molar-refractivity contribution is 5.85. The van der Waals surface area contributed by atoms with Crippen LogP contribution in [-0.4, -0.2) is 24.1 Å². The first-order valence-corrected chi connectivity index (χ1v) is 8.12. The molecular weight excluding hydrogens is 313 g/mol. The van der Waals surface area contributed by atoms with Gasteiger partial charge in [0.15, 0.2) is 0 Å². The fourth-order valence-electron chi connectivity index (χ4n) is 2.98. The number of aromatic nitrogens is 2. The number of nitrogens with one attached hydrogen (secondary N) is 1. The Balaban J connectivity index is 1.70. The molecule has 3 nitrogen and oxygen atoms in total. The SMILES string of the molecule is CN(C)c1ccc(-c2ccc(-c3cc4ccncc4[nH]3)c(F)c2)cc1. The molecule has 0 saturated heterocycles. The van der Waals surface area contributed by atoms with Crippen molar-refractivity contribution in [2.24, 2.45) is 0 Å². The zero-order valence-electron chi connectivity index (χ0n) is 14.1. The number of H-pyrrole nitrogens is 1. The molecule has 0 spiro atoms. The Morgan fingerprint density at radius 1 is 0.920 bits per heavy atom. The lowest BCUT2D eigenvalue weighted by atomic mass is 10.0. The van der Waals surface area contributed by atoms with Crippen molar-refractivity contribution in [1.29, 1.82) is 0 Å². The summed E-state index contributed by atoms with van der Waals surface area (Å²) < 4.78 is 14.7. The fraction of sp³-hybridized carbons (Fsp3) is 0.0952. The summed E-state index contributed by atoms with van der Waals surface area (Å²) in [5.41, 5.74) is 5.20. The van der Waals surface area contributed by atoms with Gasteiger partial charge in [0.05, 0.1) is 11.7 Å². The normalized spacial score (nSPS) is 11.0. The van der Waals surface area contributed by atoms with Crippen molar-refractivity contribution in [2.75, 3.05) is 19.0 Å². The van der Waals surface area contributed by atoms with E-state index < -0.39 is 0 Å². The van der Waals surface area contributed by atoms with E-state index in [1.54, 1.807) is 18.5 Å². The number of nitrogens with zero attached hydrogens (tertiary/aromatic N) is 2. The molecule has 0 radical (unpaired) electrons. The fourth-order valence-corrected chi connectivity index (χ4v) is 2.98. The summed E-state index contributed by atoms with van der Waals surface area (Å²) in [6.07, 6.45) is 3.48. The average molecular weight is 331 g/mol. The number of pyridine rings is 1. The Kier molecular flexibility index (Phi) is 3.73. The average Bonchev–Trinajstić information content (AvgIpc) is 3.05. The summed E-state index contributed by atoms with van der Waals surface area (Å²) in [5.74, 6) is -0.242. The van der Waals surface area contributed by atoms with Crippen LogP contribution in [0.25, 0.3) is 33.3 Å². The molecule has 0 fully saturated rings. The second-order valence-electron chi connectivity index (χ2n) is 6.28. The quantitative estimate of drug-likeness (QED) is 0.566. The predicted molar refractivity (Wildman–Crippen MR) is 101 cm³/mol. The smallest absolute Gasteiger partial charge is 0.133 e. The molecule has 0 atom stereocenters. The van der Waals surface area contributed by atoms with E-state index in [0.717, 1.165) is 33.4 Å². The largest absolute Gasteiger partial charge is 0.378 e. The monoisotopic (exact) mass is 331 g/mol. The zero-order valence-corrected chi connectivity index (χ0v) is 14.1. The van der Waals surface area contributed by atoms with Crippen LogP contribution >= 0.6 is 0 Å². The van der Waals surface area contributed by atoms with Crippen molar-refractivity contribution in [3.63, 3.8) is 0 Å². The predicted octanol–water partition coefficient (Wildman–Crippen LogP) is 5.10. The summed E-state index contributed by atoms with van der Waals surface area (Å²) in [7, 11) is 4.00. The molecule has 4 heteroatoms. The van der Waals surface area contributed by atoms with E-state index in [9.17, 15) is 4.39 Å². The van der Waals surface area contributed by atoms with E-state index in [1.165, 1.54) is 0 Å². The Morgan fingerprint density at radius 3 is 2.36 bits per heavy atom. The maximum atomic E-state index is 14.7. The van der Waals surface area contributed by atoms with Gasteiger partial charge in [-0.2, -0.15) is 0 Å². The van der Waals surface area contributed by atoms with Crippen LogP contribution in [0.2, 0.25) is 0 Å². The Morgan fingerprint density at radius 2 is 1.68 bits per heavy atom. The number of halogens is 1. The van der Waals surface area contributed by atoms with Crippen molar-refractivity contribution < 1.29 is 4.39 Å². The van der Waals surface area contributed by atoms with Crippen molar-refractivity contribution >= 4 is 16.6 Å². The summed E-state index contributed by atoms with van der Waals surface area (Å²) in [6.45, 7) is 0. The van der Waals surface area contributed by atoms with Crippen LogP contribution in [0.15, 0.2) is 67.0 Å². The van der Waals surface area contributed by atoms with Crippen molar-refractivity contribution in [3.05, 3.63) is 72.8 Å². The van der Waals surface area contributed by atoms with Gasteiger partial charge in [0.2, 0.25) is 0 Å². The molecule has 124 valence electrons. The zero-order chi connectivity index (χ0) is 17.4. The molecule has 0 bridgehead atoms. The number of hydrogen-bond donors (Lipinski definition) is 1. The number of anilines is 1. The van der Waals surface area contributed by atoms with E-state index in [-0.39, 0.29) is 5.82 Å². The van der Waals surface area contributed by atoms with Crippen LogP contribution in [0.3, 0.4) is 0 Å². The van der Waals surface area contributed by atoms with Crippen molar-refractivity contribution in [2.45, 2.75) is 0 Å². The van der Waals surface area contributed by atoms with Crippen LogP contribution in [0.4, 0.5) is 10.1 Å². The van der Waals surface area contributed by atoms with Crippen LogP contribution < -0.4 is 4.90 Å². The first kappa shape index (κ1) is 15.4. The Labute approximate surface area is 145 Å². The van der Waals surface area contributed by atoms with Crippen LogP contribution in [0.5, 0.6) is 0 Å². The molecule has 0 saturated carbocycles. The van der Waals surface area contributed by atoms with Gasteiger partial charge in [-0.25, -0.2) is 4.39 Å². The van der Waals surface area contributed by atoms with Gasteiger partial charge in [-0.15, -0.1) is 0 Å². The molecule has 2 heterocycles. The van der Waals surface area contributed by atoms with E-state index >= 15 is 0 Å². The molecule has 4 aromatic rings. The van der Waals surface area contributed by atoms with E-state index in [4.69, 9.17) is 0 Å². The maximum Gasteiger partial charge on any atom is 0.133 e. The third-order valence-electron chi connectivity index (χ3n) is 4.40. The standard InChI is InChI=1S/C21H18FN3/c1-25(2)17-6-3-14(4-7-17)15-5-8-18(19(22)11-15)20-12-16-9-10-23-13-21(16)24-20/h3-13,24H,1-2H3. The van der Waals surface area contributed by atoms with Crippen LogP contribution in [0.1, 0.15) is 0 Å². The molecule has 0 unspecified atom stereocenters. The second kappa shape index (κ2) is 6.06. The lowest BCUT2D eigenvalue weighted by Crippen LogP contribution is -2.07. The summed E-state index contributed by atoms with van der Waals surface area (Å²) in [6, 6.07) is 17.3. The third kappa shape index (κ3) is 2.87. The highest BCUT2D eigenvalue weighted by Gasteiger charge is 2.10. The van der Waals surface area contributed by atoms with Gasteiger partial charge in [0.1, 0.15) is 5.82 Å². The molecule has 1 N–H and O–H groups in total. The van der Waals surface area contributed by atoms with Gasteiger partial charge in [-0.1, -0.05) is 18.2 Å². The third-order valence-corrected chi connectivity index (χ3v) is 4.40. The van der Waals surface area contributed by atoms with E-state index in [2.05, 4.69) is 9.97 Å². The van der Waals surface area contributed by atoms with E-state index in [0.29, 0.717) is 5.56 Å². The minimum absolute atomic E-state index is 0.242. The lowest BCUT2D eigenvalue weighted by Gasteiger charge is -2.13. The molecule has 0 aliphatic carbocycles. The lowest BCUT2D eigenvalue weighted by molar-refractivity contribution is 0.631. The number of benzene rings is 2. The molecule has 0 aliphatic heterocycles. The minimum Gasteiger partial charge on any atom is -0.378 e. The van der Waals surface area contributed by atoms with Gasteiger partial charge >= 0.3 is 0 Å². The summed E-state index contributed by atoms with van der Waals surface area (Å²) >= 11 is 0. The number of hydrogen-bond acceptors (Lipinski definition) is 2. The minimum atomic E-state index is -0.242. The Bertz CT molecular complexity index is 1000. The van der Waals surface area contributed by atoms with Crippen LogP contribution in [-0.2, 0) is 0 Å². The molecule has 25 heavy (non-hydrogen) atoms. The highest BCUT2D eigenvalue weighted by Crippen LogP contribution is 2.30. The van der Waals surface area contributed by atoms with Crippen LogP contribution in [0, 0.1) is 5.82 Å². The molecule has 0 amide bonds. The maximum absolute atomic E-state index is 14.7. The van der Waals surface area contributed by atoms with Gasteiger partial charge in [-0.05, 0) is 47.5 Å². The van der Waals surface area contributed by atoms with Gasteiger partial charge in [-0.3, -0.25) is 4.98 Å². The summed E-state index contributed by atoms with van der Waals surface area (Å²) in [4.78, 5) is 9.35. The Hall–Kier alpha value is -3.14. The number of aromatic amines is 1. The molecule has 2 aromatic carbocycles. The van der Waals surface area contributed by atoms with Gasteiger partial charge in [0.25, 0.3) is 0 Å². The van der Waals surface area contributed by atoms with Gasteiger partial charge < -0.3 is 9.88 Å². The first-order valence-electron chi connectivity index (χ1n) is 8.12. The number of rotatable bonds is 3. The molecule has 0 aliphatic rings.